The van der Waals surface area contributed by atoms with Gasteiger partial charge in [-0.1, -0.05) is 26.5 Å². The molecule has 2 rings (SSSR count). The van der Waals surface area contributed by atoms with Crippen LogP contribution in [-0.4, -0.2) is 31.7 Å². The average molecular weight is 363 g/mol. The molecule has 0 aliphatic carbocycles. The van der Waals surface area contributed by atoms with Gasteiger partial charge in [-0.05, 0) is 30.3 Å². The van der Waals surface area contributed by atoms with Crippen molar-refractivity contribution in [2.75, 3.05) is 13.1 Å². The van der Waals surface area contributed by atoms with Crippen LogP contribution in [0, 0.1) is 0 Å². The summed E-state index contributed by atoms with van der Waals surface area (Å²) in [6, 6.07) is 9.28. The van der Waals surface area contributed by atoms with E-state index in [1.165, 1.54) is 34.8 Å². The number of benzene rings is 1. The monoisotopic (exact) mass is 363 g/mol. The van der Waals surface area contributed by atoms with Gasteiger partial charge < -0.3 is 4.42 Å². The molecule has 0 bridgehead atoms. The van der Waals surface area contributed by atoms with E-state index in [1.54, 1.807) is 26.0 Å². The molecular formula is C17H21N3O4S. The average Bonchev–Trinajstić information content (AvgIpc) is 3.15. The summed E-state index contributed by atoms with van der Waals surface area (Å²) in [6.07, 6.45) is 1.49. The molecule has 7 nitrogen and oxygen atoms in total. The maximum atomic E-state index is 12.5. The first-order valence-corrected chi connectivity index (χ1v) is 9.23. The molecule has 0 atom stereocenters. The minimum absolute atomic E-state index is 0.0775. The standard InChI is InChI=1S/C17H21N3O4S/c1-4-20(5-2)25(22,23)15-9-6-8-14(12-15)17(21)19-18-13(3)16-10-7-11-24-16/h6-12,18H,3-5H2,1-2H3,(H,19,21). The van der Waals surface area contributed by atoms with Gasteiger partial charge in [-0.25, -0.2) is 8.42 Å². The number of amides is 1. The lowest BCUT2D eigenvalue weighted by molar-refractivity contribution is 0.0942. The molecule has 1 aromatic carbocycles. The molecular weight excluding hydrogens is 342 g/mol. The number of hydrogen-bond acceptors (Lipinski definition) is 5. The van der Waals surface area contributed by atoms with Crippen LogP contribution in [0.5, 0.6) is 0 Å². The Bertz CT molecular complexity index is 841. The lowest BCUT2D eigenvalue weighted by Gasteiger charge is -2.18. The van der Waals surface area contributed by atoms with Crippen molar-refractivity contribution in [2.45, 2.75) is 18.7 Å². The molecule has 0 aliphatic heterocycles. The van der Waals surface area contributed by atoms with Crippen molar-refractivity contribution >= 4 is 21.6 Å². The molecule has 1 aromatic heterocycles. The molecule has 1 heterocycles. The van der Waals surface area contributed by atoms with Gasteiger partial charge in [0.15, 0.2) is 5.76 Å². The Balaban J connectivity index is 2.12. The van der Waals surface area contributed by atoms with Crippen molar-refractivity contribution < 1.29 is 17.6 Å². The number of sulfonamides is 1. The molecule has 0 saturated carbocycles. The molecule has 134 valence electrons. The first-order chi connectivity index (χ1) is 11.9. The molecule has 2 N–H and O–H groups in total. The lowest BCUT2D eigenvalue weighted by atomic mass is 10.2. The SMILES string of the molecule is C=C(NNC(=O)c1cccc(S(=O)(=O)N(CC)CC)c1)c1ccco1. The van der Waals surface area contributed by atoms with Crippen LogP contribution in [0.1, 0.15) is 30.0 Å². The molecule has 0 saturated heterocycles. The first-order valence-electron chi connectivity index (χ1n) is 7.79. The normalized spacial score (nSPS) is 11.3. The van der Waals surface area contributed by atoms with Crippen molar-refractivity contribution in [3.05, 3.63) is 60.6 Å². The molecule has 0 spiro atoms. The third-order valence-corrected chi connectivity index (χ3v) is 5.63. The van der Waals surface area contributed by atoms with E-state index in [9.17, 15) is 13.2 Å². The molecule has 0 fully saturated rings. The van der Waals surface area contributed by atoms with E-state index in [2.05, 4.69) is 17.4 Å². The predicted molar refractivity (Wildman–Crippen MR) is 94.9 cm³/mol. The summed E-state index contributed by atoms with van der Waals surface area (Å²) in [5.41, 5.74) is 5.70. The molecule has 0 radical (unpaired) electrons. The summed E-state index contributed by atoms with van der Waals surface area (Å²) >= 11 is 0. The summed E-state index contributed by atoms with van der Waals surface area (Å²) in [4.78, 5) is 12.3. The summed E-state index contributed by atoms with van der Waals surface area (Å²) in [5.74, 6) is 0.00228. The van der Waals surface area contributed by atoms with Gasteiger partial charge in [0.1, 0.15) is 0 Å². The largest absolute Gasteiger partial charge is 0.463 e. The molecule has 2 aromatic rings. The van der Waals surface area contributed by atoms with Crippen LogP contribution in [0.15, 0.2) is 58.6 Å². The number of nitrogens with one attached hydrogen (secondary N) is 2. The van der Waals surface area contributed by atoms with Crippen LogP contribution in [0.2, 0.25) is 0 Å². The van der Waals surface area contributed by atoms with E-state index in [4.69, 9.17) is 4.42 Å². The van der Waals surface area contributed by atoms with Gasteiger partial charge in [-0.3, -0.25) is 15.6 Å². The molecule has 25 heavy (non-hydrogen) atoms. The highest BCUT2D eigenvalue weighted by Crippen LogP contribution is 2.17. The minimum Gasteiger partial charge on any atom is -0.463 e. The van der Waals surface area contributed by atoms with Crippen molar-refractivity contribution in [1.82, 2.24) is 15.2 Å². The van der Waals surface area contributed by atoms with Gasteiger partial charge in [-0.15, -0.1) is 0 Å². The van der Waals surface area contributed by atoms with E-state index in [0.717, 1.165) is 0 Å². The summed E-state index contributed by atoms with van der Waals surface area (Å²) < 4.78 is 31.6. The number of nitrogens with zero attached hydrogens (tertiary/aromatic N) is 1. The van der Waals surface area contributed by atoms with Gasteiger partial charge in [0, 0.05) is 18.7 Å². The van der Waals surface area contributed by atoms with Gasteiger partial charge in [0.2, 0.25) is 10.0 Å². The smallest absolute Gasteiger partial charge is 0.269 e. The van der Waals surface area contributed by atoms with Crippen LogP contribution in [0.4, 0.5) is 0 Å². The van der Waals surface area contributed by atoms with Gasteiger partial charge in [0.25, 0.3) is 5.91 Å². The number of furan rings is 1. The number of hydrogen-bond donors (Lipinski definition) is 2. The Kier molecular flexibility index (Phi) is 6.00. The topological polar surface area (TPSA) is 91.6 Å². The molecule has 1 amide bonds. The van der Waals surface area contributed by atoms with Crippen molar-refractivity contribution in [1.29, 1.82) is 0 Å². The fourth-order valence-electron chi connectivity index (χ4n) is 2.23. The van der Waals surface area contributed by atoms with Crippen LogP contribution < -0.4 is 10.9 Å². The van der Waals surface area contributed by atoms with E-state index in [0.29, 0.717) is 24.5 Å². The van der Waals surface area contributed by atoms with E-state index in [1.807, 2.05) is 0 Å². The number of carbonyl (C=O) groups excluding carboxylic acids is 1. The van der Waals surface area contributed by atoms with E-state index < -0.39 is 15.9 Å². The van der Waals surface area contributed by atoms with Crippen LogP contribution in [0.3, 0.4) is 0 Å². The van der Waals surface area contributed by atoms with Crippen molar-refractivity contribution in [3.63, 3.8) is 0 Å². The van der Waals surface area contributed by atoms with Crippen LogP contribution in [-0.2, 0) is 10.0 Å². The maximum Gasteiger partial charge on any atom is 0.269 e. The van der Waals surface area contributed by atoms with Gasteiger partial charge >= 0.3 is 0 Å². The van der Waals surface area contributed by atoms with E-state index >= 15 is 0 Å². The molecule has 8 heteroatoms. The second kappa shape index (κ2) is 8.00. The Morgan fingerprint density at radius 2 is 1.88 bits per heavy atom. The Labute approximate surface area is 147 Å². The lowest BCUT2D eigenvalue weighted by Crippen LogP contribution is -2.36. The van der Waals surface area contributed by atoms with Crippen LogP contribution >= 0.6 is 0 Å². The van der Waals surface area contributed by atoms with Gasteiger partial charge in [-0.2, -0.15) is 4.31 Å². The highest BCUT2D eigenvalue weighted by atomic mass is 32.2. The van der Waals surface area contributed by atoms with Gasteiger partial charge in [0.05, 0.1) is 16.9 Å². The highest BCUT2D eigenvalue weighted by Gasteiger charge is 2.22. The zero-order chi connectivity index (χ0) is 18.4. The summed E-state index contributed by atoms with van der Waals surface area (Å²) in [5, 5.41) is 0. The molecule has 0 unspecified atom stereocenters. The molecule has 0 aliphatic rings. The first kappa shape index (κ1) is 18.8. The number of carbonyl (C=O) groups is 1. The fourth-order valence-corrected chi connectivity index (χ4v) is 3.73. The van der Waals surface area contributed by atoms with Crippen molar-refractivity contribution in [3.8, 4) is 0 Å². The van der Waals surface area contributed by atoms with Crippen molar-refractivity contribution in [2.24, 2.45) is 0 Å². The Hall–Kier alpha value is -2.58. The second-order valence-electron chi connectivity index (χ2n) is 5.15. The van der Waals surface area contributed by atoms with Crippen LogP contribution in [0.25, 0.3) is 5.70 Å². The Morgan fingerprint density at radius 1 is 1.16 bits per heavy atom. The predicted octanol–water partition coefficient (Wildman–Crippen LogP) is 2.22. The fraction of sp³-hybridized carbons (Fsp3) is 0.235. The zero-order valence-electron chi connectivity index (χ0n) is 14.2. The second-order valence-corrected chi connectivity index (χ2v) is 7.09. The third-order valence-electron chi connectivity index (χ3n) is 3.58. The quantitative estimate of drug-likeness (QED) is 0.702. The number of hydrazine groups is 1. The summed E-state index contributed by atoms with van der Waals surface area (Å²) in [6.45, 7) is 8.00. The van der Waals surface area contributed by atoms with E-state index in [-0.39, 0.29) is 10.5 Å². The Morgan fingerprint density at radius 3 is 2.48 bits per heavy atom. The third kappa shape index (κ3) is 4.28. The zero-order valence-corrected chi connectivity index (χ0v) is 15.0. The number of rotatable bonds is 8. The minimum atomic E-state index is -3.62. The highest BCUT2D eigenvalue weighted by molar-refractivity contribution is 7.89. The maximum absolute atomic E-state index is 12.5. The summed E-state index contributed by atoms with van der Waals surface area (Å²) in [7, 11) is -3.62.